The number of carbonyl (C=O) groups excluding carboxylic acids is 2. The molecule has 0 radical (unpaired) electrons. The van der Waals surface area contributed by atoms with Crippen LogP contribution in [0.2, 0.25) is 0 Å². The number of benzene rings is 3. The molecule has 2 amide bonds. The third kappa shape index (κ3) is 5.21. The number of nitrogens with one attached hydrogen (secondary N) is 1. The normalized spacial score (nSPS) is 18.1. The molecule has 33 heavy (non-hydrogen) atoms. The molecule has 1 saturated heterocycles. The number of hydrogen-bond acceptors (Lipinski definition) is 4. The molecule has 0 saturated carbocycles. The Labute approximate surface area is 191 Å². The van der Waals surface area contributed by atoms with Crippen LogP contribution < -0.4 is 15.0 Å². The fourth-order valence-corrected chi connectivity index (χ4v) is 3.94. The van der Waals surface area contributed by atoms with Gasteiger partial charge in [-0.1, -0.05) is 42.5 Å². The lowest BCUT2D eigenvalue weighted by Gasteiger charge is -2.40. The predicted molar refractivity (Wildman–Crippen MR) is 122 cm³/mol. The molecule has 6 nitrogen and oxygen atoms in total. The van der Waals surface area contributed by atoms with Gasteiger partial charge in [0.1, 0.15) is 18.2 Å². The highest BCUT2D eigenvalue weighted by molar-refractivity contribution is 5.98. The van der Waals surface area contributed by atoms with Gasteiger partial charge < -0.3 is 14.8 Å². The molecule has 170 valence electrons. The summed E-state index contributed by atoms with van der Waals surface area (Å²) in [7, 11) is 0. The summed E-state index contributed by atoms with van der Waals surface area (Å²) >= 11 is 0. The summed E-state index contributed by atoms with van der Waals surface area (Å²) in [5.74, 6) is -0.425. The average Bonchev–Trinajstić information content (AvgIpc) is 2.83. The summed E-state index contributed by atoms with van der Waals surface area (Å²) in [6.45, 7) is 2.46. The van der Waals surface area contributed by atoms with Crippen LogP contribution in [0.4, 0.5) is 10.1 Å². The van der Waals surface area contributed by atoms with Gasteiger partial charge in [-0.05, 0) is 54.4 Å². The number of para-hydroxylation sites is 1. The zero-order valence-electron chi connectivity index (χ0n) is 18.2. The molecule has 4 rings (SSSR count). The zero-order chi connectivity index (χ0) is 23.2. The van der Waals surface area contributed by atoms with Crippen molar-refractivity contribution in [3.8, 4) is 5.75 Å². The summed E-state index contributed by atoms with van der Waals surface area (Å²) in [6.07, 6.45) is -1.01. The minimum absolute atomic E-state index is 0.251. The summed E-state index contributed by atoms with van der Waals surface area (Å²) in [5, 5.41) is 2.89. The van der Waals surface area contributed by atoms with E-state index in [-0.39, 0.29) is 25.0 Å². The average molecular weight is 448 g/mol. The lowest BCUT2D eigenvalue weighted by atomic mass is 9.96. The van der Waals surface area contributed by atoms with Crippen LogP contribution in [0.3, 0.4) is 0 Å². The van der Waals surface area contributed by atoms with Crippen LogP contribution in [0.5, 0.6) is 5.75 Å². The van der Waals surface area contributed by atoms with Gasteiger partial charge in [0.25, 0.3) is 11.8 Å². The molecule has 0 spiro atoms. The van der Waals surface area contributed by atoms with E-state index in [1.807, 2.05) is 37.3 Å². The van der Waals surface area contributed by atoms with Crippen LogP contribution in [0.15, 0.2) is 78.9 Å². The van der Waals surface area contributed by atoms with Crippen molar-refractivity contribution < 1.29 is 23.5 Å². The Morgan fingerprint density at radius 2 is 1.88 bits per heavy atom. The van der Waals surface area contributed by atoms with Crippen molar-refractivity contribution in [2.75, 3.05) is 18.1 Å². The standard InChI is InChI=1S/C26H25FN2O4/c1-2-32-22-13-6-8-18(14-22)16-28-26(31)25-24(19-9-7-10-20(27)15-19)29(23(30)17-33-25)21-11-4-3-5-12-21/h3-15,24-25H,2,16-17H2,1H3,(H,28,31)/t24-,25+/m0/s1. The van der Waals surface area contributed by atoms with Crippen molar-refractivity contribution >= 4 is 17.5 Å². The molecule has 1 N–H and O–H groups in total. The van der Waals surface area contributed by atoms with Gasteiger partial charge in [0.05, 0.1) is 12.6 Å². The molecular formula is C26H25FN2O4. The maximum atomic E-state index is 14.1. The first kappa shape index (κ1) is 22.5. The van der Waals surface area contributed by atoms with Crippen molar-refractivity contribution in [1.29, 1.82) is 0 Å². The molecule has 1 heterocycles. The summed E-state index contributed by atoms with van der Waals surface area (Å²) in [4.78, 5) is 27.6. The predicted octanol–water partition coefficient (Wildman–Crippen LogP) is 4.01. The van der Waals surface area contributed by atoms with E-state index in [1.165, 1.54) is 17.0 Å². The minimum Gasteiger partial charge on any atom is -0.494 e. The number of carbonyl (C=O) groups is 2. The molecule has 0 aromatic heterocycles. The number of hydrogen-bond donors (Lipinski definition) is 1. The molecule has 3 aromatic rings. The smallest absolute Gasteiger partial charge is 0.253 e. The van der Waals surface area contributed by atoms with E-state index in [2.05, 4.69) is 5.32 Å². The molecule has 0 aliphatic carbocycles. The Bertz CT molecular complexity index is 1120. The number of halogens is 1. The fraction of sp³-hybridized carbons (Fsp3) is 0.231. The van der Waals surface area contributed by atoms with Gasteiger partial charge in [-0.25, -0.2) is 4.39 Å². The van der Waals surface area contributed by atoms with Crippen LogP contribution >= 0.6 is 0 Å². The molecule has 3 aromatic carbocycles. The quantitative estimate of drug-likeness (QED) is 0.593. The van der Waals surface area contributed by atoms with Gasteiger partial charge in [0, 0.05) is 12.2 Å². The van der Waals surface area contributed by atoms with E-state index >= 15 is 0 Å². The lowest BCUT2D eigenvalue weighted by Crippen LogP contribution is -2.54. The number of rotatable bonds is 7. The van der Waals surface area contributed by atoms with Crippen LogP contribution in [0, 0.1) is 5.82 Å². The Balaban J connectivity index is 1.61. The van der Waals surface area contributed by atoms with Gasteiger partial charge in [0.2, 0.25) is 0 Å². The van der Waals surface area contributed by atoms with Crippen molar-refractivity contribution in [2.24, 2.45) is 0 Å². The van der Waals surface area contributed by atoms with Crippen molar-refractivity contribution in [3.05, 3.63) is 95.8 Å². The van der Waals surface area contributed by atoms with E-state index in [0.717, 1.165) is 11.3 Å². The first-order valence-electron chi connectivity index (χ1n) is 10.8. The highest BCUT2D eigenvalue weighted by Gasteiger charge is 2.42. The van der Waals surface area contributed by atoms with Crippen molar-refractivity contribution in [2.45, 2.75) is 25.6 Å². The molecule has 2 atom stereocenters. The zero-order valence-corrected chi connectivity index (χ0v) is 18.2. The topological polar surface area (TPSA) is 67.9 Å². The fourth-order valence-electron chi connectivity index (χ4n) is 3.94. The van der Waals surface area contributed by atoms with Crippen LogP contribution in [0.25, 0.3) is 0 Å². The summed E-state index contributed by atoms with van der Waals surface area (Å²) in [6, 6.07) is 21.5. The molecule has 1 aliphatic rings. The first-order chi connectivity index (χ1) is 16.1. The highest BCUT2D eigenvalue weighted by atomic mass is 19.1. The van der Waals surface area contributed by atoms with Crippen molar-refractivity contribution in [3.63, 3.8) is 0 Å². The third-order valence-corrected chi connectivity index (χ3v) is 5.38. The molecular weight excluding hydrogens is 423 g/mol. The van der Waals surface area contributed by atoms with Crippen LogP contribution in [-0.4, -0.2) is 31.1 Å². The minimum atomic E-state index is -1.01. The van der Waals surface area contributed by atoms with Gasteiger partial charge in [0.15, 0.2) is 6.10 Å². The number of amides is 2. The summed E-state index contributed by atoms with van der Waals surface area (Å²) < 4.78 is 25.3. The Kier molecular flexibility index (Phi) is 7.00. The molecule has 1 aliphatic heterocycles. The van der Waals surface area contributed by atoms with Gasteiger partial charge in [-0.2, -0.15) is 0 Å². The van der Waals surface area contributed by atoms with E-state index in [9.17, 15) is 14.0 Å². The molecule has 1 fully saturated rings. The Morgan fingerprint density at radius 1 is 1.09 bits per heavy atom. The second-order valence-corrected chi connectivity index (χ2v) is 7.63. The van der Waals surface area contributed by atoms with E-state index in [1.54, 1.807) is 36.4 Å². The van der Waals surface area contributed by atoms with Crippen LogP contribution in [-0.2, 0) is 20.9 Å². The van der Waals surface area contributed by atoms with Gasteiger partial charge in [-0.15, -0.1) is 0 Å². The maximum absolute atomic E-state index is 14.1. The number of nitrogens with zero attached hydrogens (tertiary/aromatic N) is 1. The molecule has 0 unspecified atom stereocenters. The second-order valence-electron chi connectivity index (χ2n) is 7.63. The van der Waals surface area contributed by atoms with E-state index in [4.69, 9.17) is 9.47 Å². The second kappa shape index (κ2) is 10.3. The van der Waals surface area contributed by atoms with Crippen LogP contribution in [0.1, 0.15) is 24.1 Å². The third-order valence-electron chi connectivity index (χ3n) is 5.38. The van der Waals surface area contributed by atoms with E-state index < -0.39 is 18.0 Å². The molecule has 7 heteroatoms. The number of anilines is 1. The summed E-state index contributed by atoms with van der Waals surface area (Å²) in [5.41, 5.74) is 1.95. The maximum Gasteiger partial charge on any atom is 0.253 e. The van der Waals surface area contributed by atoms with Gasteiger partial charge >= 0.3 is 0 Å². The largest absolute Gasteiger partial charge is 0.494 e. The number of ether oxygens (including phenoxy) is 2. The van der Waals surface area contributed by atoms with E-state index in [0.29, 0.717) is 17.9 Å². The number of morpholine rings is 1. The van der Waals surface area contributed by atoms with Crippen molar-refractivity contribution in [1.82, 2.24) is 5.32 Å². The van der Waals surface area contributed by atoms with Gasteiger partial charge in [-0.3, -0.25) is 14.5 Å². The first-order valence-corrected chi connectivity index (χ1v) is 10.8. The SMILES string of the molecule is CCOc1cccc(CNC(=O)[C@@H]2OCC(=O)N(c3ccccc3)[C@H]2c2cccc(F)c2)c1. The Hall–Kier alpha value is -3.71. The lowest BCUT2D eigenvalue weighted by molar-refractivity contribution is -0.144. The monoisotopic (exact) mass is 448 g/mol. The highest BCUT2D eigenvalue weighted by Crippen LogP contribution is 2.35. The Morgan fingerprint density at radius 3 is 2.64 bits per heavy atom. The molecule has 0 bridgehead atoms.